The van der Waals surface area contributed by atoms with Gasteiger partial charge in [0.15, 0.2) is 0 Å². The molecule has 27 heavy (non-hydrogen) atoms. The maximum Gasteiger partial charge on any atom is 0.263 e. The number of amides is 2. The van der Waals surface area contributed by atoms with Crippen molar-refractivity contribution in [1.29, 1.82) is 0 Å². The minimum Gasteiger partial charge on any atom is -0.338 e. The molecule has 0 N–H and O–H groups in total. The molecule has 2 aliphatic rings. The Morgan fingerprint density at radius 2 is 1.85 bits per heavy atom. The minimum atomic E-state index is 0.0245. The number of fused-ring (bicyclic) bond motifs is 1. The van der Waals surface area contributed by atoms with Crippen LogP contribution in [0.3, 0.4) is 0 Å². The standard InChI is InChI=1S/C22H26N2O2S/c1-23(19-9-4-7-16-6-2-3-8-18(16)19)21(25)17-11-13-24(14-12-17)22(26)20-10-5-15-27-20/h2-3,5-6,8,10,15,17,19H,4,7,9,11-14H2,1H3/t19-/m0/s1. The van der Waals surface area contributed by atoms with E-state index in [9.17, 15) is 9.59 Å². The maximum atomic E-state index is 13.1. The molecule has 2 amide bonds. The Labute approximate surface area is 164 Å². The normalized spacial score (nSPS) is 20.2. The molecule has 2 aromatic rings. The second kappa shape index (κ2) is 7.85. The van der Waals surface area contributed by atoms with E-state index in [1.807, 2.05) is 34.4 Å². The van der Waals surface area contributed by atoms with Crippen molar-refractivity contribution >= 4 is 23.2 Å². The molecule has 142 valence electrons. The summed E-state index contributed by atoms with van der Waals surface area (Å²) in [6.07, 6.45) is 4.79. The zero-order valence-corrected chi connectivity index (χ0v) is 16.6. The fourth-order valence-corrected chi connectivity index (χ4v) is 5.15. The van der Waals surface area contributed by atoms with Gasteiger partial charge in [0.2, 0.25) is 5.91 Å². The molecule has 0 radical (unpaired) electrons. The number of aryl methyl sites for hydroxylation is 1. The van der Waals surface area contributed by atoms with Gasteiger partial charge >= 0.3 is 0 Å². The number of likely N-dealkylation sites (tertiary alicyclic amines) is 1. The molecular formula is C22H26N2O2S. The number of hydrogen-bond acceptors (Lipinski definition) is 3. The van der Waals surface area contributed by atoms with Crippen molar-refractivity contribution in [2.24, 2.45) is 5.92 Å². The van der Waals surface area contributed by atoms with Crippen LogP contribution in [-0.4, -0.2) is 41.8 Å². The Kier molecular flexibility index (Phi) is 5.30. The van der Waals surface area contributed by atoms with Gasteiger partial charge in [0.05, 0.1) is 10.9 Å². The maximum absolute atomic E-state index is 13.1. The van der Waals surface area contributed by atoms with Gasteiger partial charge in [-0.3, -0.25) is 9.59 Å². The third-order valence-corrected chi connectivity index (χ3v) is 6.87. The molecule has 0 spiro atoms. The number of carbonyl (C=O) groups excluding carboxylic acids is 2. The number of hydrogen-bond donors (Lipinski definition) is 0. The molecule has 1 aromatic heterocycles. The fourth-order valence-electron chi connectivity index (χ4n) is 4.46. The zero-order valence-electron chi connectivity index (χ0n) is 15.8. The van der Waals surface area contributed by atoms with Crippen molar-refractivity contribution in [2.75, 3.05) is 20.1 Å². The van der Waals surface area contributed by atoms with Crippen molar-refractivity contribution in [1.82, 2.24) is 9.80 Å². The van der Waals surface area contributed by atoms with Crippen molar-refractivity contribution < 1.29 is 9.59 Å². The highest BCUT2D eigenvalue weighted by Crippen LogP contribution is 2.35. The number of nitrogens with zero attached hydrogens (tertiary/aromatic N) is 2. The third-order valence-electron chi connectivity index (χ3n) is 6.02. The van der Waals surface area contributed by atoms with E-state index in [-0.39, 0.29) is 23.8 Å². The van der Waals surface area contributed by atoms with Crippen LogP contribution in [0.5, 0.6) is 0 Å². The predicted octanol–water partition coefficient (Wildman–Crippen LogP) is 4.14. The molecule has 5 heteroatoms. The highest BCUT2D eigenvalue weighted by molar-refractivity contribution is 7.12. The Morgan fingerprint density at radius 1 is 1.07 bits per heavy atom. The number of thiophene rings is 1. The molecule has 0 saturated carbocycles. The highest BCUT2D eigenvalue weighted by Gasteiger charge is 2.33. The molecule has 1 aliphatic carbocycles. The molecule has 4 rings (SSSR count). The van der Waals surface area contributed by atoms with E-state index in [0.717, 1.165) is 37.0 Å². The monoisotopic (exact) mass is 382 g/mol. The lowest BCUT2D eigenvalue weighted by atomic mass is 9.86. The molecule has 4 nitrogen and oxygen atoms in total. The smallest absolute Gasteiger partial charge is 0.263 e. The lowest BCUT2D eigenvalue weighted by Gasteiger charge is -2.37. The SMILES string of the molecule is CN(C(=O)C1CCN(C(=O)c2cccs2)CC1)[C@H]1CCCc2ccccc21. The molecule has 1 atom stereocenters. The number of benzene rings is 1. The summed E-state index contributed by atoms with van der Waals surface area (Å²) < 4.78 is 0. The quantitative estimate of drug-likeness (QED) is 0.801. The summed E-state index contributed by atoms with van der Waals surface area (Å²) in [5, 5.41) is 1.93. The van der Waals surface area contributed by atoms with E-state index in [1.165, 1.54) is 22.5 Å². The van der Waals surface area contributed by atoms with Gasteiger partial charge < -0.3 is 9.80 Å². The Morgan fingerprint density at radius 3 is 2.59 bits per heavy atom. The van der Waals surface area contributed by atoms with Crippen LogP contribution in [0.1, 0.15) is 52.5 Å². The first-order valence-corrected chi connectivity index (χ1v) is 10.7. The molecule has 1 fully saturated rings. The van der Waals surface area contributed by atoms with Gasteiger partial charge in [-0.05, 0) is 54.7 Å². The summed E-state index contributed by atoms with van der Waals surface area (Å²) in [4.78, 5) is 30.3. The van der Waals surface area contributed by atoms with E-state index in [2.05, 4.69) is 24.3 Å². The van der Waals surface area contributed by atoms with Gasteiger partial charge in [-0.2, -0.15) is 0 Å². The number of carbonyl (C=O) groups is 2. The summed E-state index contributed by atoms with van der Waals surface area (Å²) in [6.45, 7) is 1.34. The van der Waals surface area contributed by atoms with Crippen molar-refractivity contribution in [3.8, 4) is 0 Å². The van der Waals surface area contributed by atoms with Crippen LogP contribution >= 0.6 is 11.3 Å². The first kappa shape index (κ1) is 18.2. The van der Waals surface area contributed by atoms with Crippen LogP contribution < -0.4 is 0 Å². The Balaban J connectivity index is 1.39. The van der Waals surface area contributed by atoms with E-state index >= 15 is 0 Å². The number of rotatable bonds is 3. The summed E-state index contributed by atoms with van der Waals surface area (Å²) in [7, 11) is 1.96. The number of piperidine rings is 1. The minimum absolute atomic E-state index is 0.0245. The van der Waals surface area contributed by atoms with Crippen LogP contribution in [-0.2, 0) is 11.2 Å². The van der Waals surface area contributed by atoms with Crippen molar-refractivity contribution in [3.05, 3.63) is 57.8 Å². The zero-order chi connectivity index (χ0) is 18.8. The van der Waals surface area contributed by atoms with Crippen LogP contribution in [0, 0.1) is 5.92 Å². The van der Waals surface area contributed by atoms with Gasteiger partial charge in [0, 0.05) is 26.1 Å². The van der Waals surface area contributed by atoms with E-state index < -0.39 is 0 Å². The molecule has 0 bridgehead atoms. The molecule has 2 heterocycles. The first-order valence-electron chi connectivity index (χ1n) is 9.82. The second-order valence-corrected chi connectivity index (χ2v) is 8.55. The van der Waals surface area contributed by atoms with Gasteiger partial charge in [0.25, 0.3) is 5.91 Å². The van der Waals surface area contributed by atoms with Crippen LogP contribution in [0.15, 0.2) is 41.8 Å². The average Bonchev–Trinajstić information content (AvgIpc) is 3.27. The molecule has 0 unspecified atom stereocenters. The summed E-state index contributed by atoms with van der Waals surface area (Å²) in [6, 6.07) is 12.5. The van der Waals surface area contributed by atoms with Gasteiger partial charge in [0.1, 0.15) is 0 Å². The fraction of sp³-hybridized carbons (Fsp3) is 0.455. The van der Waals surface area contributed by atoms with E-state index in [0.29, 0.717) is 13.1 Å². The van der Waals surface area contributed by atoms with Gasteiger partial charge in [-0.15, -0.1) is 11.3 Å². The van der Waals surface area contributed by atoms with Crippen LogP contribution in [0.2, 0.25) is 0 Å². The highest BCUT2D eigenvalue weighted by atomic mass is 32.1. The molecule has 1 aliphatic heterocycles. The molecule has 1 saturated heterocycles. The van der Waals surface area contributed by atoms with E-state index in [4.69, 9.17) is 0 Å². The summed E-state index contributed by atoms with van der Waals surface area (Å²) in [5.74, 6) is 0.363. The van der Waals surface area contributed by atoms with Gasteiger partial charge in [-0.25, -0.2) is 0 Å². The summed E-state index contributed by atoms with van der Waals surface area (Å²) >= 11 is 1.48. The molecule has 1 aromatic carbocycles. The largest absolute Gasteiger partial charge is 0.338 e. The lowest BCUT2D eigenvalue weighted by molar-refractivity contribution is -0.138. The van der Waals surface area contributed by atoms with Crippen LogP contribution in [0.4, 0.5) is 0 Å². The third kappa shape index (κ3) is 3.65. The summed E-state index contributed by atoms with van der Waals surface area (Å²) in [5.41, 5.74) is 2.69. The van der Waals surface area contributed by atoms with E-state index in [1.54, 1.807) is 0 Å². The topological polar surface area (TPSA) is 40.6 Å². The Bertz CT molecular complexity index is 809. The Hall–Kier alpha value is -2.14. The van der Waals surface area contributed by atoms with Crippen molar-refractivity contribution in [3.63, 3.8) is 0 Å². The first-order chi connectivity index (χ1) is 13.1. The van der Waals surface area contributed by atoms with Crippen molar-refractivity contribution in [2.45, 2.75) is 38.1 Å². The molecular weight excluding hydrogens is 356 g/mol. The second-order valence-electron chi connectivity index (χ2n) is 7.60. The lowest BCUT2D eigenvalue weighted by Crippen LogP contribution is -2.44. The van der Waals surface area contributed by atoms with Crippen LogP contribution in [0.25, 0.3) is 0 Å². The predicted molar refractivity (Wildman–Crippen MR) is 108 cm³/mol. The average molecular weight is 383 g/mol. The van der Waals surface area contributed by atoms with Gasteiger partial charge in [-0.1, -0.05) is 30.3 Å².